The molecule has 2 aromatic carbocycles. The van der Waals surface area contributed by atoms with Crippen molar-refractivity contribution >= 4 is 23.2 Å². The Labute approximate surface area is 159 Å². The van der Waals surface area contributed by atoms with E-state index in [0.717, 1.165) is 16.8 Å². The van der Waals surface area contributed by atoms with Crippen molar-refractivity contribution in [2.45, 2.75) is 20.3 Å². The van der Waals surface area contributed by atoms with E-state index in [1.54, 1.807) is 37.3 Å². The van der Waals surface area contributed by atoms with Crippen molar-refractivity contribution in [1.29, 1.82) is 0 Å². The maximum absolute atomic E-state index is 12.7. The van der Waals surface area contributed by atoms with Gasteiger partial charge in [-0.15, -0.1) is 0 Å². The van der Waals surface area contributed by atoms with Crippen LogP contribution in [0.1, 0.15) is 17.5 Å². The molecule has 0 spiro atoms. The lowest BCUT2D eigenvalue weighted by molar-refractivity contribution is -0.122. The SMILES string of the molecule is COc1cc(NC(=O)[C@H]2CC(=O)N(c3cccc(C)c3C)C2)cc(OC)c1. The van der Waals surface area contributed by atoms with Crippen molar-refractivity contribution in [3.05, 3.63) is 47.5 Å². The van der Waals surface area contributed by atoms with Gasteiger partial charge in [-0.1, -0.05) is 12.1 Å². The van der Waals surface area contributed by atoms with Crippen LogP contribution in [0.25, 0.3) is 0 Å². The number of ether oxygens (including phenoxy) is 2. The molecule has 142 valence electrons. The second-order valence-electron chi connectivity index (χ2n) is 6.72. The summed E-state index contributed by atoms with van der Waals surface area (Å²) in [6.07, 6.45) is 0.195. The fourth-order valence-corrected chi connectivity index (χ4v) is 3.27. The van der Waals surface area contributed by atoms with Gasteiger partial charge in [-0.05, 0) is 31.0 Å². The molecule has 0 radical (unpaired) electrons. The zero-order chi connectivity index (χ0) is 19.6. The molecule has 1 atom stereocenters. The van der Waals surface area contributed by atoms with Crippen LogP contribution in [-0.2, 0) is 9.59 Å². The van der Waals surface area contributed by atoms with Crippen molar-refractivity contribution in [3.8, 4) is 11.5 Å². The Morgan fingerprint density at radius 2 is 1.78 bits per heavy atom. The molecular formula is C21H24N2O4. The lowest BCUT2D eigenvalue weighted by atomic mass is 10.1. The van der Waals surface area contributed by atoms with Crippen LogP contribution < -0.4 is 19.7 Å². The zero-order valence-electron chi connectivity index (χ0n) is 16.0. The molecule has 1 N–H and O–H groups in total. The van der Waals surface area contributed by atoms with E-state index in [-0.39, 0.29) is 18.2 Å². The molecule has 6 nitrogen and oxygen atoms in total. The number of nitrogens with one attached hydrogen (secondary N) is 1. The largest absolute Gasteiger partial charge is 0.497 e. The van der Waals surface area contributed by atoms with Crippen LogP contribution >= 0.6 is 0 Å². The minimum Gasteiger partial charge on any atom is -0.497 e. The number of methoxy groups -OCH3 is 2. The summed E-state index contributed by atoms with van der Waals surface area (Å²) in [6, 6.07) is 11.0. The van der Waals surface area contributed by atoms with Crippen LogP contribution in [-0.4, -0.2) is 32.6 Å². The molecule has 6 heteroatoms. The molecule has 27 heavy (non-hydrogen) atoms. The average molecular weight is 368 g/mol. The van der Waals surface area contributed by atoms with Gasteiger partial charge in [0.05, 0.1) is 20.1 Å². The van der Waals surface area contributed by atoms with Crippen molar-refractivity contribution in [3.63, 3.8) is 0 Å². The summed E-state index contributed by atoms with van der Waals surface area (Å²) in [6.45, 7) is 4.38. The number of carbonyl (C=O) groups excluding carboxylic acids is 2. The fraction of sp³-hybridized carbons (Fsp3) is 0.333. The molecule has 1 fully saturated rings. The number of hydrogen-bond acceptors (Lipinski definition) is 4. The highest BCUT2D eigenvalue weighted by atomic mass is 16.5. The van der Waals surface area contributed by atoms with Crippen molar-refractivity contribution in [2.24, 2.45) is 5.92 Å². The molecule has 0 bridgehead atoms. The molecule has 2 aromatic rings. The van der Waals surface area contributed by atoms with Crippen molar-refractivity contribution < 1.29 is 19.1 Å². The Bertz CT molecular complexity index is 856. The third-order valence-corrected chi connectivity index (χ3v) is 4.98. The average Bonchev–Trinajstić information content (AvgIpc) is 3.05. The Balaban J connectivity index is 1.75. The molecule has 0 aromatic heterocycles. The quantitative estimate of drug-likeness (QED) is 0.879. The van der Waals surface area contributed by atoms with Gasteiger partial charge in [-0.2, -0.15) is 0 Å². The van der Waals surface area contributed by atoms with Gasteiger partial charge < -0.3 is 19.7 Å². The number of hydrogen-bond donors (Lipinski definition) is 1. The first-order valence-corrected chi connectivity index (χ1v) is 8.83. The third kappa shape index (κ3) is 3.89. The molecular weight excluding hydrogens is 344 g/mol. The summed E-state index contributed by atoms with van der Waals surface area (Å²) in [5, 5.41) is 2.87. The monoisotopic (exact) mass is 368 g/mol. The number of anilines is 2. The number of aryl methyl sites for hydroxylation is 1. The Morgan fingerprint density at radius 1 is 1.11 bits per heavy atom. The predicted molar refractivity (Wildman–Crippen MR) is 105 cm³/mol. The standard InChI is InChI=1S/C21H24N2O4/c1-13-6-5-7-19(14(13)2)23-12-15(8-20(23)24)21(25)22-16-9-17(26-3)11-18(10-16)27-4/h5-7,9-11,15H,8,12H2,1-4H3,(H,22,25)/t15-/m0/s1. The summed E-state index contributed by atoms with van der Waals surface area (Å²) in [4.78, 5) is 26.9. The maximum atomic E-state index is 12.7. The number of amides is 2. The molecule has 1 aliphatic rings. The predicted octanol–water partition coefficient (Wildman–Crippen LogP) is 3.31. The molecule has 1 heterocycles. The van der Waals surface area contributed by atoms with Gasteiger partial charge in [0.25, 0.3) is 0 Å². The smallest absolute Gasteiger partial charge is 0.229 e. The molecule has 1 saturated heterocycles. The third-order valence-electron chi connectivity index (χ3n) is 4.98. The summed E-state index contributed by atoms with van der Waals surface area (Å²) < 4.78 is 10.5. The number of nitrogens with zero attached hydrogens (tertiary/aromatic N) is 1. The molecule has 3 rings (SSSR count). The number of carbonyl (C=O) groups is 2. The zero-order valence-corrected chi connectivity index (χ0v) is 16.0. The Hall–Kier alpha value is -3.02. The van der Waals surface area contributed by atoms with Crippen LogP contribution in [0.15, 0.2) is 36.4 Å². The molecule has 0 aliphatic carbocycles. The summed E-state index contributed by atoms with van der Waals surface area (Å²) >= 11 is 0. The molecule has 1 aliphatic heterocycles. The van der Waals surface area contributed by atoms with Gasteiger partial charge in [-0.3, -0.25) is 9.59 Å². The van der Waals surface area contributed by atoms with Gasteiger partial charge in [-0.25, -0.2) is 0 Å². The molecule has 2 amide bonds. The van der Waals surface area contributed by atoms with E-state index in [0.29, 0.717) is 23.7 Å². The van der Waals surface area contributed by atoms with Crippen LogP contribution in [0.3, 0.4) is 0 Å². The summed E-state index contributed by atoms with van der Waals surface area (Å²) in [5.74, 6) is 0.543. The van der Waals surface area contributed by atoms with E-state index in [1.807, 2.05) is 32.0 Å². The lowest BCUT2D eigenvalue weighted by Crippen LogP contribution is -2.28. The van der Waals surface area contributed by atoms with E-state index < -0.39 is 5.92 Å². The minimum absolute atomic E-state index is 0.0351. The van der Waals surface area contributed by atoms with E-state index in [1.165, 1.54) is 0 Å². The van der Waals surface area contributed by atoms with E-state index in [2.05, 4.69) is 5.32 Å². The lowest BCUT2D eigenvalue weighted by Gasteiger charge is -2.20. The van der Waals surface area contributed by atoms with Crippen LogP contribution in [0.2, 0.25) is 0 Å². The first kappa shape index (κ1) is 18.8. The normalized spacial score (nSPS) is 16.4. The van der Waals surface area contributed by atoms with Gasteiger partial charge in [0, 0.05) is 42.5 Å². The van der Waals surface area contributed by atoms with Gasteiger partial charge in [0.2, 0.25) is 11.8 Å². The van der Waals surface area contributed by atoms with E-state index in [4.69, 9.17) is 9.47 Å². The molecule has 0 saturated carbocycles. The highest BCUT2D eigenvalue weighted by Gasteiger charge is 2.35. The Kier molecular flexibility index (Phi) is 5.35. The first-order chi connectivity index (χ1) is 12.9. The highest BCUT2D eigenvalue weighted by molar-refractivity contribution is 6.04. The maximum Gasteiger partial charge on any atom is 0.229 e. The summed E-state index contributed by atoms with van der Waals surface area (Å²) in [5.41, 5.74) is 3.63. The second kappa shape index (κ2) is 7.70. The van der Waals surface area contributed by atoms with Gasteiger partial charge in [0.15, 0.2) is 0 Å². The van der Waals surface area contributed by atoms with Crippen molar-refractivity contribution in [1.82, 2.24) is 0 Å². The van der Waals surface area contributed by atoms with Gasteiger partial charge >= 0.3 is 0 Å². The highest BCUT2D eigenvalue weighted by Crippen LogP contribution is 2.31. The van der Waals surface area contributed by atoms with Crippen LogP contribution in [0.5, 0.6) is 11.5 Å². The van der Waals surface area contributed by atoms with E-state index >= 15 is 0 Å². The topological polar surface area (TPSA) is 67.9 Å². The first-order valence-electron chi connectivity index (χ1n) is 8.83. The fourth-order valence-electron chi connectivity index (χ4n) is 3.27. The number of benzene rings is 2. The Morgan fingerprint density at radius 3 is 2.41 bits per heavy atom. The van der Waals surface area contributed by atoms with E-state index in [9.17, 15) is 9.59 Å². The van der Waals surface area contributed by atoms with Crippen LogP contribution in [0, 0.1) is 19.8 Å². The van der Waals surface area contributed by atoms with Crippen molar-refractivity contribution in [2.75, 3.05) is 31.0 Å². The summed E-state index contributed by atoms with van der Waals surface area (Å²) in [7, 11) is 3.11. The number of rotatable bonds is 5. The second-order valence-corrected chi connectivity index (χ2v) is 6.72. The van der Waals surface area contributed by atoms with Crippen LogP contribution in [0.4, 0.5) is 11.4 Å². The minimum atomic E-state index is -0.408. The van der Waals surface area contributed by atoms with Gasteiger partial charge in [0.1, 0.15) is 11.5 Å². The molecule has 0 unspecified atom stereocenters.